The van der Waals surface area contributed by atoms with E-state index in [1.807, 2.05) is 48.5 Å². The van der Waals surface area contributed by atoms with Gasteiger partial charge in [0.15, 0.2) is 0 Å². The van der Waals surface area contributed by atoms with Crippen molar-refractivity contribution >= 4 is 47.3 Å². The van der Waals surface area contributed by atoms with E-state index in [0.29, 0.717) is 12.8 Å². The quantitative estimate of drug-likeness (QED) is 0.0859. The van der Waals surface area contributed by atoms with Crippen molar-refractivity contribution in [1.29, 1.82) is 0 Å². The van der Waals surface area contributed by atoms with Crippen LogP contribution in [0.1, 0.15) is 120 Å². The van der Waals surface area contributed by atoms with E-state index in [0.717, 1.165) is 47.9 Å². The summed E-state index contributed by atoms with van der Waals surface area (Å²) in [6.07, 6.45) is 16.2. The molecule has 2 fully saturated rings. The second-order valence-electron chi connectivity index (χ2n) is 19.7. The van der Waals surface area contributed by atoms with Gasteiger partial charge in [-0.1, -0.05) is 48.5 Å². The Bertz CT molecular complexity index is 2500. The average molecular weight is 1010 g/mol. The van der Waals surface area contributed by atoms with E-state index in [2.05, 4.69) is 54.4 Å². The van der Waals surface area contributed by atoms with Crippen LogP contribution in [0, 0.1) is 24.7 Å². The predicted octanol–water partition coefficient (Wildman–Crippen LogP) is 1.70. The van der Waals surface area contributed by atoms with Crippen molar-refractivity contribution in [3.8, 4) is 24.7 Å². The average Bonchev–Trinajstić information content (AvgIpc) is 4.04. The molecule has 7 rings (SSSR count). The van der Waals surface area contributed by atoms with Crippen LogP contribution in [0.5, 0.6) is 0 Å². The van der Waals surface area contributed by atoms with Crippen LogP contribution in [-0.2, 0) is 41.6 Å². The lowest BCUT2D eigenvalue weighted by molar-refractivity contribution is -0.141. The van der Waals surface area contributed by atoms with E-state index in [1.165, 1.54) is 34.1 Å². The van der Waals surface area contributed by atoms with E-state index in [9.17, 15) is 38.4 Å². The minimum Gasteiger partial charge on any atom is -0.347 e. The summed E-state index contributed by atoms with van der Waals surface area (Å²) in [5.41, 5.74) is 4.74. The number of terminal acetylenes is 2. The molecule has 3 aromatic carbocycles. The lowest BCUT2D eigenvalue weighted by atomic mass is 9.87. The van der Waals surface area contributed by atoms with Gasteiger partial charge in [0.05, 0.1) is 24.2 Å². The fourth-order valence-corrected chi connectivity index (χ4v) is 10.4. The van der Waals surface area contributed by atoms with E-state index in [1.54, 1.807) is 27.9 Å². The third kappa shape index (κ3) is 12.8. The molecular formula is C56H68N10O8. The van der Waals surface area contributed by atoms with Gasteiger partial charge < -0.3 is 52.3 Å². The summed E-state index contributed by atoms with van der Waals surface area (Å²) >= 11 is 0. The van der Waals surface area contributed by atoms with Crippen LogP contribution in [-0.4, -0.2) is 133 Å². The fourth-order valence-electron chi connectivity index (χ4n) is 10.4. The zero-order valence-electron chi connectivity index (χ0n) is 42.5. The van der Waals surface area contributed by atoms with Crippen molar-refractivity contribution in [2.75, 3.05) is 27.2 Å². The maximum atomic E-state index is 14.3. The lowest BCUT2D eigenvalue weighted by Crippen LogP contribution is -2.55. The first-order valence-electron chi connectivity index (χ1n) is 25.6. The number of likely N-dealkylation sites (tertiary alicyclic amines) is 2. The highest BCUT2D eigenvalue weighted by molar-refractivity contribution is 5.99. The van der Waals surface area contributed by atoms with Gasteiger partial charge in [-0.15, -0.1) is 24.7 Å². The molecule has 2 aliphatic heterocycles. The normalized spacial score (nSPS) is 22.4. The summed E-state index contributed by atoms with van der Waals surface area (Å²) in [7, 11) is 3.23. The molecule has 10 unspecified atom stereocenters. The monoisotopic (exact) mass is 1010 g/mol. The first-order valence-corrected chi connectivity index (χ1v) is 25.6. The molecule has 0 spiro atoms. The second-order valence-corrected chi connectivity index (χ2v) is 19.7. The van der Waals surface area contributed by atoms with E-state index in [-0.39, 0.29) is 62.0 Å². The summed E-state index contributed by atoms with van der Waals surface area (Å²) < 4.78 is 0. The van der Waals surface area contributed by atoms with Crippen molar-refractivity contribution in [1.82, 2.24) is 52.3 Å². The van der Waals surface area contributed by atoms with Crippen LogP contribution in [0.2, 0.25) is 0 Å². The summed E-state index contributed by atoms with van der Waals surface area (Å²) in [5.74, 6) is 1.15. The summed E-state index contributed by atoms with van der Waals surface area (Å²) in [6.45, 7) is 3.20. The Morgan fingerprint density at radius 2 is 0.946 bits per heavy atom. The largest absolute Gasteiger partial charge is 0.347 e. The lowest BCUT2D eigenvalue weighted by Gasteiger charge is -2.31. The van der Waals surface area contributed by atoms with Gasteiger partial charge in [-0.3, -0.25) is 38.4 Å². The number of hydrogen-bond acceptors (Lipinski definition) is 10. The van der Waals surface area contributed by atoms with E-state index >= 15 is 0 Å². The minimum absolute atomic E-state index is 0.0400. The molecular weight excluding hydrogens is 941 g/mol. The Balaban J connectivity index is 1.04. The van der Waals surface area contributed by atoms with Gasteiger partial charge in [0, 0.05) is 49.1 Å². The van der Waals surface area contributed by atoms with Crippen molar-refractivity contribution in [2.45, 2.75) is 138 Å². The molecule has 2 heterocycles. The van der Waals surface area contributed by atoms with Crippen molar-refractivity contribution in [2.24, 2.45) is 0 Å². The number of nitrogens with zero attached hydrogens (tertiary/aromatic N) is 2. The fraction of sp³-hybridized carbons (Fsp3) is 0.464. The molecule has 3 aromatic rings. The highest BCUT2D eigenvalue weighted by Crippen LogP contribution is 2.32. The molecule has 2 aliphatic carbocycles. The Morgan fingerprint density at radius 3 is 1.31 bits per heavy atom. The number of carbonyl (C=O) groups excluding carboxylic acids is 8. The number of amides is 8. The van der Waals surface area contributed by atoms with Gasteiger partial charge in [0.2, 0.25) is 35.4 Å². The maximum Gasteiger partial charge on any atom is 0.251 e. The molecule has 390 valence electrons. The van der Waals surface area contributed by atoms with Gasteiger partial charge >= 0.3 is 0 Å². The van der Waals surface area contributed by atoms with Crippen LogP contribution in [0.15, 0.2) is 72.8 Å². The van der Waals surface area contributed by atoms with Gasteiger partial charge in [-0.05, 0) is 126 Å². The number of benzene rings is 3. The van der Waals surface area contributed by atoms with Gasteiger partial charge in [-0.2, -0.15) is 0 Å². The molecule has 18 heteroatoms. The zero-order valence-corrected chi connectivity index (χ0v) is 42.5. The molecule has 8 amide bonds. The van der Waals surface area contributed by atoms with Crippen molar-refractivity contribution in [3.63, 3.8) is 0 Å². The minimum atomic E-state index is -1.12. The third-order valence-corrected chi connectivity index (χ3v) is 14.8. The standard InChI is InChI=1S/C56H68N10O8/c1-7-15-45(63-49(67)33(3)57-5)55(73)65-31-39(29-47(65)53(71)61-43-23-13-19-35-17-9-11-21-41(35)43)59-51(69)37-25-27-38(28-26-37)52(70)60-40-30-48(54(72)62-44-24-14-20-36-18-10-12-22-42(36)44)66(32-40)56(74)46(16-8-2)64-50(68)34(4)58-6/h1-2,9-12,17-18,21-22,25-28,33-34,39-40,43-48,57-58H,13-16,19-20,23-24,29-32H2,3-6H3,(H,59,69)(H,60,70)(H,61,71)(H,62,72)(H,63,67)(H,64,68). The number of nitrogens with one attached hydrogen (secondary N) is 8. The molecule has 10 atom stereocenters. The van der Waals surface area contributed by atoms with Crippen LogP contribution in [0.4, 0.5) is 0 Å². The smallest absolute Gasteiger partial charge is 0.251 e. The first kappa shape index (κ1) is 54.2. The molecule has 2 saturated heterocycles. The Labute approximate surface area is 433 Å². The van der Waals surface area contributed by atoms with Gasteiger partial charge in [-0.25, -0.2) is 0 Å². The highest BCUT2D eigenvalue weighted by atomic mass is 16.2. The predicted molar refractivity (Wildman–Crippen MR) is 278 cm³/mol. The highest BCUT2D eigenvalue weighted by Gasteiger charge is 2.45. The number of rotatable bonds is 18. The number of aryl methyl sites for hydroxylation is 2. The van der Waals surface area contributed by atoms with Crippen LogP contribution in [0.3, 0.4) is 0 Å². The first-order chi connectivity index (χ1) is 35.6. The Morgan fingerprint density at radius 1 is 0.568 bits per heavy atom. The summed E-state index contributed by atoms with van der Waals surface area (Å²) in [4.78, 5) is 113. The molecule has 0 bridgehead atoms. The van der Waals surface area contributed by atoms with Crippen LogP contribution in [0.25, 0.3) is 0 Å². The number of fused-ring (bicyclic) bond motifs is 2. The molecule has 74 heavy (non-hydrogen) atoms. The van der Waals surface area contributed by atoms with Crippen LogP contribution >= 0.6 is 0 Å². The molecule has 0 saturated carbocycles. The number of hydrogen-bond donors (Lipinski definition) is 8. The molecule has 0 aromatic heterocycles. The topological polar surface area (TPSA) is 239 Å². The number of likely N-dealkylation sites (N-methyl/N-ethyl adjacent to an activating group) is 2. The van der Waals surface area contributed by atoms with Crippen LogP contribution < -0.4 is 42.5 Å². The van der Waals surface area contributed by atoms with Crippen molar-refractivity contribution in [3.05, 3.63) is 106 Å². The van der Waals surface area contributed by atoms with Crippen molar-refractivity contribution < 1.29 is 38.4 Å². The van der Waals surface area contributed by atoms with Gasteiger partial charge in [0.25, 0.3) is 11.8 Å². The maximum absolute atomic E-state index is 14.3. The SMILES string of the molecule is C#CCC(NC(=O)C(C)NC)C(=O)N1CC(NC(=O)c2ccc(C(=O)NC3CC(C(=O)NC4CCCc5ccccc54)N(C(=O)C(CC#C)NC(=O)C(C)NC)C3)cc2)CC1C(=O)NC1CCCc2ccccc21. The molecule has 4 aliphatic rings. The van der Waals surface area contributed by atoms with E-state index < -0.39 is 95.6 Å². The number of carbonyl (C=O) groups is 8. The van der Waals surface area contributed by atoms with Gasteiger partial charge in [0.1, 0.15) is 24.2 Å². The Kier molecular flexibility index (Phi) is 18.3. The summed E-state index contributed by atoms with van der Waals surface area (Å²) in [5, 5.41) is 23.4. The summed E-state index contributed by atoms with van der Waals surface area (Å²) in [6, 6.07) is 14.4. The third-order valence-electron chi connectivity index (χ3n) is 14.8. The zero-order chi connectivity index (χ0) is 53.1. The molecule has 0 radical (unpaired) electrons. The molecule has 18 nitrogen and oxygen atoms in total. The Hall–Kier alpha value is -7.54. The second kappa shape index (κ2) is 24.9. The van der Waals surface area contributed by atoms with E-state index in [4.69, 9.17) is 12.8 Å². The molecule has 8 N–H and O–H groups in total.